The van der Waals surface area contributed by atoms with E-state index in [1.807, 2.05) is 29.4 Å². The van der Waals surface area contributed by atoms with Crippen LogP contribution in [-0.4, -0.2) is 24.3 Å². The SMILES string of the molecule is Cn1ccnc1CSc1nnc(CN)n1C. The molecule has 86 valence electrons. The molecule has 0 aliphatic rings. The molecule has 7 heteroatoms. The minimum absolute atomic E-state index is 0.409. The van der Waals surface area contributed by atoms with Gasteiger partial charge < -0.3 is 14.9 Å². The molecule has 2 aromatic rings. The quantitative estimate of drug-likeness (QED) is 0.775. The molecule has 2 aromatic heterocycles. The first-order valence-corrected chi connectivity index (χ1v) is 5.88. The highest BCUT2D eigenvalue weighted by molar-refractivity contribution is 7.98. The molecule has 6 nitrogen and oxygen atoms in total. The Labute approximate surface area is 97.9 Å². The van der Waals surface area contributed by atoms with E-state index in [4.69, 9.17) is 5.73 Å². The molecule has 0 spiro atoms. The standard InChI is InChI=1S/C9H14N6S/c1-14-4-3-11-8(14)6-16-9-13-12-7(5-10)15(9)2/h3-4H,5-6,10H2,1-2H3. The second kappa shape index (κ2) is 4.67. The van der Waals surface area contributed by atoms with E-state index >= 15 is 0 Å². The fourth-order valence-electron chi connectivity index (χ4n) is 1.31. The summed E-state index contributed by atoms with van der Waals surface area (Å²) in [6.45, 7) is 0.409. The first kappa shape index (κ1) is 11.2. The third-order valence-corrected chi connectivity index (χ3v) is 3.38. The number of imidazole rings is 1. The van der Waals surface area contributed by atoms with E-state index in [9.17, 15) is 0 Å². The molecule has 0 aliphatic carbocycles. The van der Waals surface area contributed by atoms with Crippen molar-refractivity contribution in [1.82, 2.24) is 24.3 Å². The van der Waals surface area contributed by atoms with Gasteiger partial charge in [0.15, 0.2) is 5.16 Å². The molecule has 2 N–H and O–H groups in total. The van der Waals surface area contributed by atoms with Gasteiger partial charge in [-0.1, -0.05) is 11.8 Å². The van der Waals surface area contributed by atoms with Crippen LogP contribution >= 0.6 is 11.8 Å². The molecule has 16 heavy (non-hydrogen) atoms. The van der Waals surface area contributed by atoms with Crippen molar-refractivity contribution in [1.29, 1.82) is 0 Å². The van der Waals surface area contributed by atoms with Crippen LogP contribution in [0.15, 0.2) is 17.6 Å². The molecule has 0 atom stereocenters. The monoisotopic (exact) mass is 238 g/mol. The molecular weight excluding hydrogens is 224 g/mol. The van der Waals surface area contributed by atoms with Gasteiger partial charge in [-0.05, 0) is 0 Å². The van der Waals surface area contributed by atoms with Crippen LogP contribution in [0.5, 0.6) is 0 Å². The van der Waals surface area contributed by atoms with Crippen molar-refractivity contribution < 1.29 is 0 Å². The van der Waals surface area contributed by atoms with E-state index in [-0.39, 0.29) is 0 Å². The number of aromatic nitrogens is 5. The summed E-state index contributed by atoms with van der Waals surface area (Å²) >= 11 is 1.61. The van der Waals surface area contributed by atoms with E-state index in [0.29, 0.717) is 6.54 Å². The second-order valence-electron chi connectivity index (χ2n) is 3.40. The maximum atomic E-state index is 5.53. The third-order valence-electron chi connectivity index (χ3n) is 2.36. The molecule has 0 saturated carbocycles. The molecule has 0 amide bonds. The molecule has 0 unspecified atom stereocenters. The average molecular weight is 238 g/mol. The summed E-state index contributed by atoms with van der Waals surface area (Å²) in [5.74, 6) is 2.59. The zero-order chi connectivity index (χ0) is 11.5. The Morgan fingerprint density at radius 3 is 2.69 bits per heavy atom. The molecule has 2 heterocycles. The summed E-state index contributed by atoms with van der Waals surface area (Å²) in [7, 11) is 3.90. The number of hydrogen-bond acceptors (Lipinski definition) is 5. The molecule has 0 saturated heterocycles. The van der Waals surface area contributed by atoms with Crippen molar-refractivity contribution in [2.45, 2.75) is 17.5 Å². The summed E-state index contributed by atoms with van der Waals surface area (Å²) in [5.41, 5.74) is 5.53. The summed E-state index contributed by atoms with van der Waals surface area (Å²) in [4.78, 5) is 4.25. The smallest absolute Gasteiger partial charge is 0.191 e. The molecule has 0 aromatic carbocycles. The second-order valence-corrected chi connectivity index (χ2v) is 4.35. The Morgan fingerprint density at radius 2 is 2.12 bits per heavy atom. The van der Waals surface area contributed by atoms with Gasteiger partial charge in [0, 0.05) is 26.5 Å². The highest BCUT2D eigenvalue weighted by Crippen LogP contribution is 2.19. The molecule has 0 radical (unpaired) electrons. The molecule has 0 aliphatic heterocycles. The Kier molecular flexibility index (Phi) is 3.25. The number of aryl methyl sites for hydroxylation is 1. The van der Waals surface area contributed by atoms with Crippen LogP contribution in [-0.2, 0) is 26.4 Å². The van der Waals surface area contributed by atoms with Gasteiger partial charge in [0.25, 0.3) is 0 Å². The lowest BCUT2D eigenvalue weighted by molar-refractivity contribution is 0.733. The average Bonchev–Trinajstić information content (AvgIpc) is 2.83. The van der Waals surface area contributed by atoms with Crippen LogP contribution in [0.4, 0.5) is 0 Å². The number of hydrogen-bond donors (Lipinski definition) is 1. The number of thioether (sulfide) groups is 1. The van der Waals surface area contributed by atoms with Gasteiger partial charge in [0.2, 0.25) is 0 Å². The summed E-state index contributed by atoms with van der Waals surface area (Å²) < 4.78 is 3.90. The predicted molar refractivity (Wildman–Crippen MR) is 61.7 cm³/mol. The lowest BCUT2D eigenvalue weighted by atomic mass is 10.6. The molecule has 0 fully saturated rings. The predicted octanol–water partition coefficient (Wildman–Crippen LogP) is 0.300. The van der Waals surface area contributed by atoms with Crippen LogP contribution in [0.25, 0.3) is 0 Å². The van der Waals surface area contributed by atoms with E-state index in [1.165, 1.54) is 0 Å². The largest absolute Gasteiger partial charge is 0.337 e. The lowest BCUT2D eigenvalue weighted by Gasteiger charge is -2.02. The number of rotatable bonds is 4. The summed E-state index contributed by atoms with van der Waals surface area (Å²) in [6.07, 6.45) is 3.72. The fourth-order valence-corrected chi connectivity index (χ4v) is 2.25. The van der Waals surface area contributed by atoms with Crippen LogP contribution in [0.2, 0.25) is 0 Å². The van der Waals surface area contributed by atoms with Crippen molar-refractivity contribution >= 4 is 11.8 Å². The van der Waals surface area contributed by atoms with Crippen molar-refractivity contribution in [3.63, 3.8) is 0 Å². The van der Waals surface area contributed by atoms with Gasteiger partial charge in [0.1, 0.15) is 11.6 Å². The van der Waals surface area contributed by atoms with Gasteiger partial charge in [-0.25, -0.2) is 4.98 Å². The summed E-state index contributed by atoms with van der Waals surface area (Å²) in [5, 5.41) is 8.94. The van der Waals surface area contributed by atoms with E-state index in [2.05, 4.69) is 15.2 Å². The highest BCUT2D eigenvalue weighted by Gasteiger charge is 2.09. The van der Waals surface area contributed by atoms with Crippen molar-refractivity contribution in [2.24, 2.45) is 19.8 Å². The fraction of sp³-hybridized carbons (Fsp3) is 0.444. The highest BCUT2D eigenvalue weighted by atomic mass is 32.2. The third kappa shape index (κ3) is 2.10. The van der Waals surface area contributed by atoms with Gasteiger partial charge >= 0.3 is 0 Å². The first-order chi connectivity index (χ1) is 7.72. The van der Waals surface area contributed by atoms with E-state index in [1.54, 1.807) is 18.0 Å². The first-order valence-electron chi connectivity index (χ1n) is 4.89. The van der Waals surface area contributed by atoms with Crippen LogP contribution in [0, 0.1) is 0 Å². The van der Waals surface area contributed by atoms with Crippen molar-refractivity contribution in [3.05, 3.63) is 24.0 Å². The lowest BCUT2D eigenvalue weighted by Crippen LogP contribution is -2.05. The molecule has 2 rings (SSSR count). The molecular formula is C9H14N6S. The van der Waals surface area contributed by atoms with E-state index < -0.39 is 0 Å². The maximum absolute atomic E-state index is 5.53. The van der Waals surface area contributed by atoms with Crippen molar-refractivity contribution in [2.75, 3.05) is 0 Å². The number of nitrogens with two attached hydrogens (primary N) is 1. The van der Waals surface area contributed by atoms with Gasteiger partial charge in [-0.15, -0.1) is 10.2 Å². The van der Waals surface area contributed by atoms with Crippen LogP contribution in [0.1, 0.15) is 11.6 Å². The van der Waals surface area contributed by atoms with Crippen LogP contribution in [0.3, 0.4) is 0 Å². The number of nitrogens with zero attached hydrogens (tertiary/aromatic N) is 5. The van der Waals surface area contributed by atoms with E-state index in [0.717, 1.165) is 22.6 Å². The van der Waals surface area contributed by atoms with Gasteiger partial charge in [0.05, 0.1) is 12.3 Å². The molecule has 0 bridgehead atoms. The van der Waals surface area contributed by atoms with Crippen molar-refractivity contribution in [3.8, 4) is 0 Å². The van der Waals surface area contributed by atoms with Gasteiger partial charge in [-0.3, -0.25) is 0 Å². The zero-order valence-corrected chi connectivity index (χ0v) is 10.1. The normalized spacial score (nSPS) is 10.9. The van der Waals surface area contributed by atoms with Gasteiger partial charge in [-0.2, -0.15) is 0 Å². The Hall–Kier alpha value is -1.34. The minimum atomic E-state index is 0.409. The Morgan fingerprint density at radius 1 is 1.31 bits per heavy atom. The Bertz CT molecular complexity index is 474. The zero-order valence-electron chi connectivity index (χ0n) is 9.29. The summed E-state index contributed by atoms with van der Waals surface area (Å²) in [6, 6.07) is 0. The Balaban J connectivity index is 2.05. The topological polar surface area (TPSA) is 74.6 Å². The minimum Gasteiger partial charge on any atom is -0.337 e. The maximum Gasteiger partial charge on any atom is 0.191 e. The van der Waals surface area contributed by atoms with Crippen LogP contribution < -0.4 is 5.73 Å².